The Labute approximate surface area is 151 Å². The number of amides is 1. The van der Waals surface area contributed by atoms with E-state index in [0.717, 1.165) is 28.4 Å². The van der Waals surface area contributed by atoms with E-state index in [2.05, 4.69) is 48.2 Å². The van der Waals surface area contributed by atoms with Crippen LogP contribution in [0.5, 0.6) is 0 Å². The highest BCUT2D eigenvalue weighted by Crippen LogP contribution is 2.22. The normalized spacial score (nSPS) is 10.8. The summed E-state index contributed by atoms with van der Waals surface area (Å²) in [7, 11) is 0. The fraction of sp³-hybridized carbons (Fsp3) is 0.316. The molecule has 2 aromatic heterocycles. The smallest absolute Gasteiger partial charge is 0.240 e. The van der Waals surface area contributed by atoms with Crippen molar-refractivity contribution in [2.24, 2.45) is 0 Å². The van der Waals surface area contributed by atoms with Gasteiger partial charge in [0.25, 0.3) is 0 Å². The van der Waals surface area contributed by atoms with Crippen LogP contribution in [0.25, 0.3) is 10.7 Å². The minimum Gasteiger partial charge on any atom is -0.350 e. The standard InChI is InChI=1S/C19H22N4OS/c1-4-16-11-25-19(22-16)17-9-23(12-21-17)10-18(24)20-8-15-6-5-13(2)14(3)7-15/h5-7,9,11-12H,4,8,10H2,1-3H3,(H,20,24). The second-order valence-corrected chi connectivity index (χ2v) is 6.98. The molecule has 3 aromatic rings. The Kier molecular flexibility index (Phi) is 5.28. The van der Waals surface area contributed by atoms with E-state index in [-0.39, 0.29) is 12.5 Å². The molecule has 130 valence electrons. The first-order chi connectivity index (χ1) is 12.0. The van der Waals surface area contributed by atoms with Crippen molar-refractivity contribution in [2.75, 3.05) is 0 Å². The van der Waals surface area contributed by atoms with Crippen LogP contribution in [-0.4, -0.2) is 20.4 Å². The van der Waals surface area contributed by atoms with Crippen molar-refractivity contribution in [3.05, 3.63) is 58.5 Å². The van der Waals surface area contributed by atoms with Gasteiger partial charge in [0.2, 0.25) is 5.91 Å². The molecule has 1 aromatic carbocycles. The van der Waals surface area contributed by atoms with Gasteiger partial charge in [-0.1, -0.05) is 25.1 Å². The van der Waals surface area contributed by atoms with E-state index in [0.29, 0.717) is 6.54 Å². The van der Waals surface area contributed by atoms with Crippen molar-refractivity contribution < 1.29 is 4.79 Å². The van der Waals surface area contributed by atoms with Gasteiger partial charge >= 0.3 is 0 Å². The van der Waals surface area contributed by atoms with Gasteiger partial charge in [-0.05, 0) is 37.0 Å². The number of aromatic nitrogens is 3. The van der Waals surface area contributed by atoms with E-state index >= 15 is 0 Å². The SMILES string of the molecule is CCc1csc(-c2cn(CC(=O)NCc3ccc(C)c(C)c3)cn2)n1. The summed E-state index contributed by atoms with van der Waals surface area (Å²) >= 11 is 1.58. The van der Waals surface area contributed by atoms with E-state index in [9.17, 15) is 4.79 Å². The molecule has 1 amide bonds. The highest BCUT2D eigenvalue weighted by atomic mass is 32.1. The predicted molar refractivity (Wildman–Crippen MR) is 100 cm³/mol. The van der Waals surface area contributed by atoms with Gasteiger partial charge in [0.1, 0.15) is 17.2 Å². The number of nitrogens with zero attached hydrogens (tertiary/aromatic N) is 3. The third-order valence-corrected chi connectivity index (χ3v) is 5.07. The molecule has 6 heteroatoms. The van der Waals surface area contributed by atoms with Crippen LogP contribution in [0.3, 0.4) is 0 Å². The van der Waals surface area contributed by atoms with Crippen molar-refractivity contribution in [1.29, 1.82) is 0 Å². The molecule has 0 saturated carbocycles. The van der Waals surface area contributed by atoms with Crippen LogP contribution in [-0.2, 0) is 24.3 Å². The number of carbonyl (C=O) groups excluding carboxylic acids is 1. The van der Waals surface area contributed by atoms with Crippen LogP contribution in [0.4, 0.5) is 0 Å². The van der Waals surface area contributed by atoms with E-state index in [4.69, 9.17) is 0 Å². The zero-order chi connectivity index (χ0) is 17.8. The molecule has 1 N–H and O–H groups in total. The Bertz CT molecular complexity index is 881. The molecular weight excluding hydrogens is 332 g/mol. The number of thiazole rings is 1. The summed E-state index contributed by atoms with van der Waals surface area (Å²) in [6.07, 6.45) is 4.46. The number of carbonyl (C=O) groups is 1. The maximum atomic E-state index is 12.2. The molecule has 0 spiro atoms. The molecule has 0 fully saturated rings. The molecule has 0 aliphatic heterocycles. The maximum absolute atomic E-state index is 12.2. The lowest BCUT2D eigenvalue weighted by Crippen LogP contribution is -2.26. The van der Waals surface area contributed by atoms with Gasteiger partial charge in [-0.3, -0.25) is 4.79 Å². The number of hydrogen-bond donors (Lipinski definition) is 1. The number of hydrogen-bond acceptors (Lipinski definition) is 4. The summed E-state index contributed by atoms with van der Waals surface area (Å²) in [6.45, 7) is 7.03. The highest BCUT2D eigenvalue weighted by Gasteiger charge is 2.09. The molecule has 0 atom stereocenters. The van der Waals surface area contributed by atoms with Gasteiger partial charge in [0.15, 0.2) is 0 Å². The second kappa shape index (κ2) is 7.61. The lowest BCUT2D eigenvalue weighted by atomic mass is 10.1. The van der Waals surface area contributed by atoms with E-state index in [1.165, 1.54) is 11.1 Å². The molecule has 0 radical (unpaired) electrons. The Morgan fingerprint density at radius 1 is 1.28 bits per heavy atom. The average molecular weight is 354 g/mol. The predicted octanol–water partition coefficient (Wildman–Crippen LogP) is 3.50. The van der Waals surface area contributed by atoms with Crippen molar-refractivity contribution in [3.63, 3.8) is 0 Å². The molecule has 0 bridgehead atoms. The monoisotopic (exact) mass is 354 g/mol. The molecule has 3 rings (SSSR count). The third-order valence-electron chi connectivity index (χ3n) is 4.15. The van der Waals surface area contributed by atoms with Crippen molar-refractivity contribution in [3.8, 4) is 10.7 Å². The van der Waals surface area contributed by atoms with Crippen LogP contribution in [0.15, 0.2) is 36.1 Å². The fourth-order valence-electron chi connectivity index (χ4n) is 2.48. The first-order valence-electron chi connectivity index (χ1n) is 8.34. The minimum atomic E-state index is -0.0319. The first kappa shape index (κ1) is 17.4. The molecular formula is C19H22N4OS. The van der Waals surface area contributed by atoms with Gasteiger partial charge < -0.3 is 9.88 Å². The molecule has 5 nitrogen and oxygen atoms in total. The molecule has 0 unspecified atom stereocenters. The lowest BCUT2D eigenvalue weighted by molar-refractivity contribution is -0.121. The van der Waals surface area contributed by atoms with E-state index in [1.807, 2.05) is 17.6 Å². The Morgan fingerprint density at radius 3 is 2.84 bits per heavy atom. The quantitative estimate of drug-likeness (QED) is 0.737. The summed E-state index contributed by atoms with van der Waals surface area (Å²) in [4.78, 5) is 21.0. The third kappa shape index (κ3) is 4.33. The zero-order valence-corrected chi connectivity index (χ0v) is 15.6. The fourth-order valence-corrected chi connectivity index (χ4v) is 3.34. The summed E-state index contributed by atoms with van der Waals surface area (Å²) in [5.41, 5.74) is 5.49. The Balaban J connectivity index is 1.57. The number of imidazole rings is 1. The average Bonchev–Trinajstić information content (AvgIpc) is 3.25. The van der Waals surface area contributed by atoms with Crippen LogP contribution < -0.4 is 5.32 Å². The summed E-state index contributed by atoms with van der Waals surface area (Å²) < 4.78 is 1.79. The van der Waals surface area contributed by atoms with Gasteiger partial charge in [0.05, 0.1) is 12.0 Å². The maximum Gasteiger partial charge on any atom is 0.240 e. The second-order valence-electron chi connectivity index (χ2n) is 6.12. The molecule has 0 aliphatic rings. The molecule has 2 heterocycles. The topological polar surface area (TPSA) is 59.8 Å². The molecule has 25 heavy (non-hydrogen) atoms. The number of benzene rings is 1. The molecule has 0 aliphatic carbocycles. The van der Waals surface area contributed by atoms with E-state index < -0.39 is 0 Å². The number of rotatable bonds is 6. The Hall–Kier alpha value is -2.47. The van der Waals surface area contributed by atoms with Gasteiger partial charge in [-0.2, -0.15) is 0 Å². The van der Waals surface area contributed by atoms with Crippen LogP contribution in [0, 0.1) is 13.8 Å². The van der Waals surface area contributed by atoms with Crippen LogP contribution in [0.1, 0.15) is 29.3 Å². The minimum absolute atomic E-state index is 0.0319. The molecule has 0 saturated heterocycles. The van der Waals surface area contributed by atoms with Crippen LogP contribution >= 0.6 is 11.3 Å². The van der Waals surface area contributed by atoms with Crippen molar-refractivity contribution in [1.82, 2.24) is 19.9 Å². The zero-order valence-electron chi connectivity index (χ0n) is 14.7. The number of aryl methyl sites for hydroxylation is 3. The lowest BCUT2D eigenvalue weighted by Gasteiger charge is -2.08. The van der Waals surface area contributed by atoms with E-state index in [1.54, 1.807) is 22.2 Å². The van der Waals surface area contributed by atoms with Crippen LogP contribution in [0.2, 0.25) is 0 Å². The van der Waals surface area contributed by atoms with Gasteiger partial charge in [0, 0.05) is 18.1 Å². The van der Waals surface area contributed by atoms with Crippen molar-refractivity contribution in [2.45, 2.75) is 40.3 Å². The summed E-state index contributed by atoms with van der Waals surface area (Å²) in [6, 6.07) is 6.24. The Morgan fingerprint density at radius 2 is 2.12 bits per heavy atom. The number of nitrogens with one attached hydrogen (secondary N) is 1. The van der Waals surface area contributed by atoms with Gasteiger partial charge in [-0.15, -0.1) is 11.3 Å². The largest absolute Gasteiger partial charge is 0.350 e. The highest BCUT2D eigenvalue weighted by molar-refractivity contribution is 7.13. The van der Waals surface area contributed by atoms with Gasteiger partial charge in [-0.25, -0.2) is 9.97 Å². The summed E-state index contributed by atoms with van der Waals surface area (Å²) in [5.74, 6) is -0.0319. The summed E-state index contributed by atoms with van der Waals surface area (Å²) in [5, 5.41) is 5.90. The first-order valence-corrected chi connectivity index (χ1v) is 9.22. The van der Waals surface area contributed by atoms with Crippen molar-refractivity contribution >= 4 is 17.2 Å².